The molecule has 3 heterocycles. The smallest absolute Gasteiger partial charge is 0.335 e. The molecular weight excluding hydrogens is 897 g/mol. The fourth-order valence-electron chi connectivity index (χ4n) is 14.9. The average molecular weight is 971 g/mol. The number of carbonyl (C=O) groups is 3. The zero-order valence-electron chi connectivity index (χ0n) is 39.9. The summed E-state index contributed by atoms with van der Waals surface area (Å²) in [7, 11) is 0. The number of hydrogen-bond acceptors (Lipinski definition) is 18. The van der Waals surface area contributed by atoms with Crippen LogP contribution in [0.1, 0.15) is 106 Å². The Labute approximate surface area is 395 Å². The first-order valence-corrected chi connectivity index (χ1v) is 24.3. The molecule has 8 rings (SSSR count). The van der Waals surface area contributed by atoms with Crippen molar-refractivity contribution in [3.8, 4) is 0 Å². The number of aliphatic hydroxyl groups is 9. The highest BCUT2D eigenvalue weighted by atomic mass is 16.8. The molecule has 11 N–H and O–H groups in total. The Morgan fingerprint density at radius 3 is 1.96 bits per heavy atom. The minimum Gasteiger partial charge on any atom is -0.481 e. The van der Waals surface area contributed by atoms with Gasteiger partial charge in [0.2, 0.25) is 0 Å². The first-order chi connectivity index (χ1) is 31.7. The molecule has 5 aliphatic carbocycles. The largest absolute Gasteiger partial charge is 0.481 e. The molecule has 0 spiro atoms. The number of Topliss-reactive ketones (excluding diaryl/α,β-unsaturated/α-hetero) is 1. The van der Waals surface area contributed by atoms with Crippen LogP contribution in [-0.4, -0.2) is 185 Å². The Balaban J connectivity index is 1.08. The summed E-state index contributed by atoms with van der Waals surface area (Å²) in [6.07, 6.45) is -20.5. The topological polar surface area (TPSA) is 329 Å². The van der Waals surface area contributed by atoms with Gasteiger partial charge in [0.1, 0.15) is 66.8 Å². The van der Waals surface area contributed by atoms with Crippen LogP contribution < -0.4 is 0 Å². The van der Waals surface area contributed by atoms with Crippen LogP contribution >= 0.6 is 0 Å². The zero-order valence-corrected chi connectivity index (χ0v) is 39.9. The fraction of sp³-hybridized carbons (Fsp3) is 0.896. The molecule has 0 radical (unpaired) electrons. The molecule has 7 fully saturated rings. The predicted molar refractivity (Wildman–Crippen MR) is 232 cm³/mol. The Morgan fingerprint density at radius 1 is 0.706 bits per heavy atom. The van der Waals surface area contributed by atoms with Crippen LogP contribution in [0, 0.1) is 50.2 Å². The van der Waals surface area contributed by atoms with E-state index >= 15 is 0 Å². The van der Waals surface area contributed by atoms with Gasteiger partial charge in [-0.2, -0.15) is 0 Å². The Kier molecular flexibility index (Phi) is 13.8. The number of fused-ring (bicyclic) bond motifs is 7. The Bertz CT molecular complexity index is 1970. The molecule has 20 heteroatoms. The van der Waals surface area contributed by atoms with Gasteiger partial charge in [0.15, 0.2) is 25.0 Å². The first kappa shape index (κ1) is 52.1. The molecule has 0 aromatic rings. The Morgan fingerprint density at radius 2 is 1.34 bits per heavy atom. The highest BCUT2D eigenvalue weighted by Crippen LogP contribution is 2.75. The fourth-order valence-corrected chi connectivity index (χ4v) is 14.9. The minimum absolute atomic E-state index is 0.00356. The van der Waals surface area contributed by atoms with Crippen LogP contribution in [0.3, 0.4) is 0 Å². The van der Waals surface area contributed by atoms with Gasteiger partial charge in [0, 0.05) is 17.3 Å². The second kappa shape index (κ2) is 18.0. The van der Waals surface area contributed by atoms with E-state index in [0.29, 0.717) is 38.5 Å². The van der Waals surface area contributed by atoms with Gasteiger partial charge in [-0.05, 0) is 99.2 Å². The number of ketones is 1. The van der Waals surface area contributed by atoms with Crippen molar-refractivity contribution in [1.82, 2.24) is 0 Å². The number of rotatable bonds is 10. The molecular formula is C48H74O20. The van der Waals surface area contributed by atoms with Gasteiger partial charge in [-0.25, -0.2) is 4.79 Å². The molecule has 20 nitrogen and oxygen atoms in total. The van der Waals surface area contributed by atoms with Crippen LogP contribution in [0.5, 0.6) is 0 Å². The maximum Gasteiger partial charge on any atom is 0.335 e. The van der Waals surface area contributed by atoms with Crippen LogP contribution in [0.15, 0.2) is 11.6 Å². The quantitative estimate of drug-likeness (QED) is 0.101. The summed E-state index contributed by atoms with van der Waals surface area (Å²) in [6, 6.07) is 0. The lowest BCUT2D eigenvalue weighted by atomic mass is 9.33. The van der Waals surface area contributed by atoms with Crippen molar-refractivity contribution in [3.63, 3.8) is 0 Å². The number of ether oxygens (including phenoxy) is 6. The number of aliphatic carboxylic acids is 2. The second-order valence-electron chi connectivity index (χ2n) is 23.1. The van der Waals surface area contributed by atoms with Gasteiger partial charge in [0.25, 0.3) is 0 Å². The maximum absolute atomic E-state index is 13.8. The van der Waals surface area contributed by atoms with Gasteiger partial charge in [0.05, 0.1) is 30.8 Å². The molecule has 4 saturated carbocycles. The van der Waals surface area contributed by atoms with Crippen LogP contribution in [0.4, 0.5) is 0 Å². The van der Waals surface area contributed by atoms with Crippen molar-refractivity contribution in [2.24, 2.45) is 50.2 Å². The van der Waals surface area contributed by atoms with Crippen LogP contribution in [0.25, 0.3) is 0 Å². The van der Waals surface area contributed by atoms with Crippen molar-refractivity contribution < 1.29 is 99.0 Å². The second-order valence-corrected chi connectivity index (χ2v) is 23.1. The van der Waals surface area contributed by atoms with Crippen molar-refractivity contribution in [2.75, 3.05) is 13.2 Å². The first-order valence-electron chi connectivity index (χ1n) is 24.3. The van der Waals surface area contributed by atoms with Crippen molar-refractivity contribution in [2.45, 2.75) is 204 Å². The van der Waals surface area contributed by atoms with E-state index in [1.165, 1.54) is 12.5 Å². The molecule has 3 saturated heterocycles. The Hall–Kier alpha value is -2.25. The monoisotopic (exact) mass is 970 g/mol. The van der Waals surface area contributed by atoms with Gasteiger partial charge in [-0.1, -0.05) is 46.3 Å². The third-order valence-corrected chi connectivity index (χ3v) is 19.6. The summed E-state index contributed by atoms with van der Waals surface area (Å²) in [4.78, 5) is 38.9. The molecule has 68 heavy (non-hydrogen) atoms. The summed E-state index contributed by atoms with van der Waals surface area (Å²) in [6.45, 7) is 12.6. The predicted octanol–water partition coefficient (Wildman–Crippen LogP) is -0.0225. The number of allylic oxidation sites excluding steroid dienone is 2. The van der Waals surface area contributed by atoms with E-state index in [4.69, 9.17) is 28.4 Å². The van der Waals surface area contributed by atoms with E-state index in [-0.39, 0.29) is 52.8 Å². The van der Waals surface area contributed by atoms with Gasteiger partial charge in [-0.15, -0.1) is 0 Å². The summed E-state index contributed by atoms with van der Waals surface area (Å²) in [5.74, 6) is -2.88. The van der Waals surface area contributed by atoms with Gasteiger partial charge >= 0.3 is 11.9 Å². The highest BCUT2D eigenvalue weighted by molar-refractivity contribution is 5.92. The third-order valence-electron chi connectivity index (χ3n) is 19.6. The molecule has 0 aromatic carbocycles. The normalized spacial score (nSPS) is 54.9. The zero-order chi connectivity index (χ0) is 50.0. The molecule has 25 atom stereocenters. The van der Waals surface area contributed by atoms with E-state index in [2.05, 4.69) is 26.8 Å². The van der Waals surface area contributed by atoms with Crippen molar-refractivity contribution >= 4 is 17.7 Å². The van der Waals surface area contributed by atoms with E-state index < -0.39 is 133 Å². The van der Waals surface area contributed by atoms with Crippen molar-refractivity contribution in [3.05, 3.63) is 11.6 Å². The summed E-state index contributed by atoms with van der Waals surface area (Å²) in [5.41, 5.74) is -2.66. The SMILES string of the molecule is C[C@@H]1O[C@@H](O[C@H]2[C@H](O[C@H]3[C@H](O[C@H]4CC[C@]5(C)[C@@H](CC[C@]6(C)[C@@H]5CC=C5[C@H]7C[C@@](C)(C(=O)O)CC(=O)[C@]7(C)CC[C@]56C)[C@@]4(C)CO)O[C@H](C(=O)O)[C@@H](O)[C@@H]3O)O[C@H](CO)[C@H](O)[C@@H]2O)[C@H](O)[C@H](O)[C@H]1O. The standard InChI is InChI=1S/C48H74O20/c1-20-28(52)30(54)34(58)39(63-20)67-36-31(55)29(53)23(18-49)64-40(36)68-37-33(57)32(56)35(38(59)60)66-41(37)65-27-11-12-45(4)24(46(27,5)19-50)10-13-48(7)25(45)9-8-21-22-16-43(2,42(61)62)17-26(51)44(22,3)14-15-47(21,48)6/h8,20,22-25,27-37,39-41,49-50,52-58H,9-19H2,1-7H3,(H,59,60)(H,61,62)/t20-,22+,23+,24+,25+,27-,28-,29-,30+,31-,32-,33-,34+,35-,36+,37+,39-,40-,41+,43+,44+,45+,46+,47+,48+/m0/s1. The molecule has 8 aliphatic rings. The average Bonchev–Trinajstić information content (AvgIpc) is 3.28. The molecule has 386 valence electrons. The molecule has 3 aliphatic heterocycles. The lowest BCUT2D eigenvalue weighted by Crippen LogP contribution is -2.68. The van der Waals surface area contributed by atoms with E-state index in [1.807, 2.05) is 13.8 Å². The van der Waals surface area contributed by atoms with E-state index in [1.54, 1.807) is 6.92 Å². The summed E-state index contributed by atoms with van der Waals surface area (Å²) < 4.78 is 36.1. The summed E-state index contributed by atoms with van der Waals surface area (Å²) >= 11 is 0. The molecule has 0 amide bonds. The number of carboxylic acids is 2. The van der Waals surface area contributed by atoms with Crippen LogP contribution in [0.2, 0.25) is 0 Å². The number of carbonyl (C=O) groups excluding carboxylic acids is 1. The molecule has 0 aromatic heterocycles. The number of hydrogen-bond donors (Lipinski definition) is 11. The van der Waals surface area contributed by atoms with Gasteiger partial charge in [-0.3, -0.25) is 9.59 Å². The van der Waals surface area contributed by atoms with Crippen LogP contribution in [-0.2, 0) is 42.8 Å². The lowest BCUT2D eigenvalue weighted by Gasteiger charge is -2.71. The molecule has 0 unspecified atom stereocenters. The van der Waals surface area contributed by atoms with Gasteiger partial charge < -0.3 is 84.6 Å². The lowest BCUT2D eigenvalue weighted by molar-refractivity contribution is -0.396. The maximum atomic E-state index is 13.8. The molecule has 0 bridgehead atoms. The highest BCUT2D eigenvalue weighted by Gasteiger charge is 2.70. The van der Waals surface area contributed by atoms with E-state index in [0.717, 1.165) is 12.8 Å². The third kappa shape index (κ3) is 7.77. The number of aliphatic hydroxyl groups excluding tert-OH is 9. The van der Waals surface area contributed by atoms with Crippen molar-refractivity contribution in [1.29, 1.82) is 0 Å². The van der Waals surface area contributed by atoms with E-state index in [9.17, 15) is 70.6 Å². The summed E-state index contributed by atoms with van der Waals surface area (Å²) in [5, 5.41) is 118. The minimum atomic E-state index is -2.10. The number of carboxylic acid groups (broad SMARTS) is 2.